The number of hydrogen-bond acceptors (Lipinski definition) is 5. The van der Waals surface area contributed by atoms with Crippen molar-refractivity contribution >= 4 is 11.8 Å². The lowest BCUT2D eigenvalue weighted by Gasteiger charge is -2.41. The smallest absolute Gasteiger partial charge is 0.430 e. The lowest BCUT2D eigenvalue weighted by molar-refractivity contribution is -0.262. The summed E-state index contributed by atoms with van der Waals surface area (Å²) in [6, 6.07) is 10.5. The van der Waals surface area contributed by atoms with Gasteiger partial charge in [0.25, 0.3) is 17.4 Å². The summed E-state index contributed by atoms with van der Waals surface area (Å²) in [6.45, 7) is 4.16. The Morgan fingerprint density at radius 1 is 1.02 bits per heavy atom. The van der Waals surface area contributed by atoms with Crippen molar-refractivity contribution in [3.8, 4) is 11.5 Å². The molecule has 10 heteroatoms. The summed E-state index contributed by atoms with van der Waals surface area (Å²) in [4.78, 5) is 28.1. The van der Waals surface area contributed by atoms with Crippen molar-refractivity contribution in [3.63, 3.8) is 0 Å². The van der Waals surface area contributed by atoms with Gasteiger partial charge in [-0.15, -0.1) is 0 Å². The summed E-state index contributed by atoms with van der Waals surface area (Å²) in [6.07, 6.45) is -1.22. The third kappa shape index (κ3) is 6.63. The Morgan fingerprint density at radius 2 is 1.71 bits per heavy atom. The Hall–Kier alpha value is -3.27. The molecular formula is C31H39F3N2O5. The van der Waals surface area contributed by atoms with Gasteiger partial charge in [-0.1, -0.05) is 12.1 Å². The molecule has 2 aliphatic rings. The molecule has 1 saturated carbocycles. The molecule has 7 nitrogen and oxygen atoms in total. The van der Waals surface area contributed by atoms with E-state index < -0.39 is 23.2 Å². The average Bonchev–Trinajstić information content (AvgIpc) is 2.90. The van der Waals surface area contributed by atoms with Gasteiger partial charge in [0, 0.05) is 38.3 Å². The zero-order valence-electron chi connectivity index (χ0n) is 24.0. The van der Waals surface area contributed by atoms with Crippen LogP contribution in [0.15, 0.2) is 42.5 Å². The molecule has 2 amide bonds. The molecule has 224 valence electrons. The third-order valence-corrected chi connectivity index (χ3v) is 8.18. The minimum atomic E-state index is -5.19. The molecule has 2 fully saturated rings. The molecule has 1 saturated heterocycles. The molecule has 0 spiro atoms. The number of rotatable bonds is 9. The van der Waals surface area contributed by atoms with Crippen LogP contribution in [0.2, 0.25) is 0 Å². The van der Waals surface area contributed by atoms with Gasteiger partial charge in [-0.2, -0.15) is 13.2 Å². The van der Waals surface area contributed by atoms with E-state index in [9.17, 15) is 27.9 Å². The van der Waals surface area contributed by atoms with Crippen LogP contribution in [-0.4, -0.2) is 72.8 Å². The predicted octanol–water partition coefficient (Wildman–Crippen LogP) is 5.33. The first-order valence-corrected chi connectivity index (χ1v) is 14.1. The largest absolute Gasteiger partial charge is 0.494 e. The molecule has 2 aromatic carbocycles. The number of alkyl halides is 3. The summed E-state index contributed by atoms with van der Waals surface area (Å²) < 4.78 is 53.8. The first-order chi connectivity index (χ1) is 19.3. The maximum atomic E-state index is 14.1. The van der Waals surface area contributed by atoms with Crippen LogP contribution in [0.4, 0.5) is 13.2 Å². The number of amides is 2. The summed E-state index contributed by atoms with van der Waals surface area (Å²) in [5.74, 6) is 0.248. The number of carbonyl (C=O) groups excluding carboxylic acids is 2. The second-order valence-electron chi connectivity index (χ2n) is 11.4. The first kappa shape index (κ1) is 30.7. The number of halogens is 3. The zero-order chi connectivity index (χ0) is 29.9. The molecule has 1 heterocycles. The fourth-order valence-corrected chi connectivity index (χ4v) is 5.80. The number of hydrogen-bond donors (Lipinski definition) is 1. The number of piperidine rings is 1. The van der Waals surface area contributed by atoms with Crippen LogP contribution in [0, 0.1) is 18.8 Å². The van der Waals surface area contributed by atoms with Crippen molar-refractivity contribution < 1.29 is 37.3 Å². The first-order valence-electron chi connectivity index (χ1n) is 14.1. The molecule has 41 heavy (non-hydrogen) atoms. The Kier molecular flexibility index (Phi) is 9.21. The summed E-state index contributed by atoms with van der Waals surface area (Å²) in [5.41, 5.74) is -2.68. The van der Waals surface area contributed by atoms with Crippen molar-refractivity contribution in [2.75, 3.05) is 33.8 Å². The van der Waals surface area contributed by atoms with Gasteiger partial charge in [0.15, 0.2) is 0 Å². The van der Waals surface area contributed by atoms with Crippen LogP contribution in [-0.2, 0) is 10.4 Å². The van der Waals surface area contributed by atoms with E-state index >= 15 is 0 Å². The highest BCUT2D eigenvalue weighted by Crippen LogP contribution is 2.43. The van der Waals surface area contributed by atoms with Gasteiger partial charge in [0.05, 0.1) is 12.7 Å². The second kappa shape index (κ2) is 12.3. The summed E-state index contributed by atoms with van der Waals surface area (Å²) in [5, 5.41) is 10.8. The molecule has 4 rings (SSSR count). The lowest BCUT2D eigenvalue weighted by atomic mass is 9.74. The number of aryl methyl sites for hydroxylation is 1. The van der Waals surface area contributed by atoms with Crippen LogP contribution in [0.3, 0.4) is 0 Å². The topological polar surface area (TPSA) is 79.3 Å². The number of ether oxygens (including phenoxy) is 2. The lowest BCUT2D eigenvalue weighted by Crippen LogP contribution is -2.57. The molecule has 2 aromatic rings. The maximum absolute atomic E-state index is 14.1. The Morgan fingerprint density at radius 3 is 2.29 bits per heavy atom. The standard InChI is InChI=1S/C31H39F3N2O5/c1-5-40-24-8-6-7-23(19-24)30(39,31(32,33)34)29(38)36-13-11-21(12-14-36)16-22-17-26(18-22)41-25-9-10-27(20(2)15-25)28(37)35(3)4/h6-10,15,19,21-22,26,39H,5,11-14,16-18H2,1-4H3. The molecule has 1 atom stereocenters. The monoisotopic (exact) mass is 576 g/mol. The maximum Gasteiger partial charge on any atom is 0.430 e. The van der Waals surface area contributed by atoms with Crippen molar-refractivity contribution in [3.05, 3.63) is 59.2 Å². The van der Waals surface area contributed by atoms with E-state index in [1.54, 1.807) is 27.1 Å². The van der Waals surface area contributed by atoms with Crippen molar-refractivity contribution in [2.45, 2.75) is 63.8 Å². The molecule has 1 aliphatic heterocycles. The molecule has 0 aromatic heterocycles. The van der Waals surface area contributed by atoms with Crippen LogP contribution in [0.25, 0.3) is 0 Å². The number of carbonyl (C=O) groups is 2. The van der Waals surface area contributed by atoms with E-state index in [-0.39, 0.29) is 37.5 Å². The molecule has 1 N–H and O–H groups in total. The van der Waals surface area contributed by atoms with Crippen LogP contribution in [0.5, 0.6) is 11.5 Å². The summed E-state index contributed by atoms with van der Waals surface area (Å²) >= 11 is 0. The van der Waals surface area contributed by atoms with Gasteiger partial charge < -0.3 is 24.4 Å². The molecular weight excluding hydrogens is 537 g/mol. The fraction of sp³-hybridized carbons (Fsp3) is 0.548. The number of nitrogens with zero attached hydrogens (tertiary/aromatic N) is 2. The highest BCUT2D eigenvalue weighted by atomic mass is 19.4. The predicted molar refractivity (Wildman–Crippen MR) is 148 cm³/mol. The van der Waals surface area contributed by atoms with Crippen LogP contribution in [0.1, 0.15) is 60.5 Å². The van der Waals surface area contributed by atoms with E-state index in [4.69, 9.17) is 9.47 Å². The van der Waals surface area contributed by atoms with Crippen LogP contribution < -0.4 is 9.47 Å². The molecule has 0 bridgehead atoms. The van der Waals surface area contributed by atoms with E-state index in [0.717, 1.165) is 47.6 Å². The van der Waals surface area contributed by atoms with Gasteiger partial charge in [-0.05, 0) is 93.7 Å². The number of aliphatic hydroxyl groups is 1. The van der Waals surface area contributed by atoms with E-state index in [2.05, 4.69) is 0 Å². The van der Waals surface area contributed by atoms with Gasteiger partial charge in [-0.25, -0.2) is 0 Å². The Balaban J connectivity index is 1.28. The normalized spacial score (nSPS) is 21.0. The minimum absolute atomic E-state index is 0.0515. The van der Waals surface area contributed by atoms with Gasteiger partial charge in [0.1, 0.15) is 11.5 Å². The average molecular weight is 577 g/mol. The van der Waals surface area contributed by atoms with E-state index in [1.807, 2.05) is 19.1 Å². The number of likely N-dealkylation sites (tertiary alicyclic amines) is 1. The third-order valence-electron chi connectivity index (χ3n) is 8.18. The molecule has 0 radical (unpaired) electrons. The summed E-state index contributed by atoms with van der Waals surface area (Å²) in [7, 11) is 3.43. The van der Waals surface area contributed by atoms with Crippen LogP contribution >= 0.6 is 0 Å². The van der Waals surface area contributed by atoms with Gasteiger partial charge >= 0.3 is 6.18 Å². The molecule has 1 aliphatic carbocycles. The quantitative estimate of drug-likeness (QED) is 0.437. The highest BCUT2D eigenvalue weighted by Gasteiger charge is 2.62. The SMILES string of the molecule is CCOc1cccc(C(O)(C(=O)N2CCC(CC3CC(Oc4ccc(C(=O)N(C)C)c(C)c4)C3)CC2)C(F)(F)F)c1. The van der Waals surface area contributed by atoms with Crippen molar-refractivity contribution in [1.82, 2.24) is 9.80 Å². The van der Waals surface area contributed by atoms with Crippen molar-refractivity contribution in [2.24, 2.45) is 11.8 Å². The fourth-order valence-electron chi connectivity index (χ4n) is 5.80. The highest BCUT2D eigenvalue weighted by molar-refractivity contribution is 5.95. The van der Waals surface area contributed by atoms with Crippen molar-refractivity contribution in [1.29, 1.82) is 0 Å². The zero-order valence-corrected chi connectivity index (χ0v) is 24.0. The van der Waals surface area contributed by atoms with Gasteiger partial charge in [-0.3, -0.25) is 9.59 Å². The molecule has 1 unspecified atom stereocenters. The second-order valence-corrected chi connectivity index (χ2v) is 11.4. The van der Waals surface area contributed by atoms with Gasteiger partial charge in [0.2, 0.25) is 0 Å². The Bertz CT molecular complexity index is 1240. The van der Waals surface area contributed by atoms with E-state index in [0.29, 0.717) is 30.2 Å². The minimum Gasteiger partial charge on any atom is -0.494 e. The van der Waals surface area contributed by atoms with E-state index in [1.165, 1.54) is 17.0 Å². The number of benzene rings is 2. The Labute approximate surface area is 239 Å².